The third kappa shape index (κ3) is 5.64. The molecular weight excluding hydrogens is 499 g/mol. The molecule has 4 rings (SSSR count). The summed E-state index contributed by atoms with van der Waals surface area (Å²) in [5.74, 6) is 0.131. The minimum Gasteiger partial charge on any atom is -0.497 e. The summed E-state index contributed by atoms with van der Waals surface area (Å²) in [6.45, 7) is -0.320. The number of ether oxygens (including phenoxy) is 2. The molecule has 2 amide bonds. The molecule has 0 fully saturated rings. The normalized spacial score (nSPS) is 15.2. The quantitative estimate of drug-likeness (QED) is 0.427. The van der Waals surface area contributed by atoms with Gasteiger partial charge in [-0.15, -0.1) is 0 Å². The summed E-state index contributed by atoms with van der Waals surface area (Å²) in [7, 11) is 4.51. The highest BCUT2D eigenvalue weighted by Crippen LogP contribution is 2.36. The van der Waals surface area contributed by atoms with E-state index in [9.17, 15) is 22.8 Å². The average Bonchev–Trinajstić information content (AvgIpc) is 3.38. The maximum absolute atomic E-state index is 13.4. The van der Waals surface area contributed by atoms with Gasteiger partial charge < -0.3 is 14.4 Å². The second-order valence-corrected chi connectivity index (χ2v) is 8.72. The molecule has 3 aromatic rings. The van der Waals surface area contributed by atoms with Gasteiger partial charge in [0, 0.05) is 30.7 Å². The zero-order chi connectivity index (χ0) is 27.4. The molecule has 0 spiro atoms. The molecule has 0 saturated heterocycles. The number of carbonyl (C=O) groups is 2. The lowest BCUT2D eigenvalue weighted by Gasteiger charge is -2.25. The van der Waals surface area contributed by atoms with Crippen molar-refractivity contribution in [3.63, 3.8) is 0 Å². The fourth-order valence-electron chi connectivity index (χ4n) is 4.24. The molecule has 3 aromatic carbocycles. The molecule has 198 valence electrons. The van der Waals surface area contributed by atoms with Crippen LogP contribution in [0.15, 0.2) is 77.9 Å². The van der Waals surface area contributed by atoms with Gasteiger partial charge in [-0.2, -0.15) is 18.3 Å². The molecule has 0 aliphatic carbocycles. The molecule has 1 heterocycles. The van der Waals surface area contributed by atoms with Crippen molar-refractivity contribution in [2.75, 3.05) is 27.8 Å². The molecule has 1 unspecified atom stereocenters. The third-order valence-electron chi connectivity index (χ3n) is 6.25. The van der Waals surface area contributed by atoms with Gasteiger partial charge in [0.2, 0.25) is 0 Å². The van der Waals surface area contributed by atoms with Crippen LogP contribution < -0.4 is 9.47 Å². The number of rotatable bonds is 7. The molecular formula is C28H26F3N3O4. The van der Waals surface area contributed by atoms with E-state index in [4.69, 9.17) is 9.47 Å². The van der Waals surface area contributed by atoms with Crippen molar-refractivity contribution in [3.8, 4) is 11.5 Å². The molecule has 0 N–H and O–H groups in total. The Labute approximate surface area is 218 Å². The number of hydrogen-bond donors (Lipinski definition) is 0. The maximum Gasteiger partial charge on any atom is 0.416 e. The lowest BCUT2D eigenvalue weighted by Crippen LogP contribution is -2.39. The van der Waals surface area contributed by atoms with Crippen LogP contribution in [-0.4, -0.2) is 55.2 Å². The number of amides is 2. The van der Waals surface area contributed by atoms with E-state index in [0.717, 1.165) is 34.7 Å². The van der Waals surface area contributed by atoms with Crippen LogP contribution in [0.2, 0.25) is 0 Å². The van der Waals surface area contributed by atoms with Crippen molar-refractivity contribution in [2.24, 2.45) is 5.10 Å². The number of alkyl halides is 3. The van der Waals surface area contributed by atoms with Crippen molar-refractivity contribution in [3.05, 3.63) is 95.1 Å². The Kier molecular flexibility index (Phi) is 7.70. The Balaban J connectivity index is 1.58. The number of nitrogens with zero attached hydrogens (tertiary/aromatic N) is 3. The van der Waals surface area contributed by atoms with Crippen LogP contribution in [0.1, 0.15) is 39.5 Å². The van der Waals surface area contributed by atoms with Gasteiger partial charge in [0.05, 0.1) is 31.5 Å². The Morgan fingerprint density at radius 3 is 2.29 bits per heavy atom. The summed E-state index contributed by atoms with van der Waals surface area (Å²) < 4.78 is 49.4. The number of halogens is 3. The zero-order valence-electron chi connectivity index (χ0n) is 21.0. The molecule has 7 nitrogen and oxygen atoms in total. The Bertz CT molecular complexity index is 1340. The Morgan fingerprint density at radius 2 is 1.68 bits per heavy atom. The third-order valence-corrected chi connectivity index (χ3v) is 6.25. The lowest BCUT2D eigenvalue weighted by atomic mass is 9.98. The van der Waals surface area contributed by atoms with E-state index in [1.165, 1.54) is 19.2 Å². The van der Waals surface area contributed by atoms with Crippen LogP contribution in [0.4, 0.5) is 13.2 Å². The Morgan fingerprint density at radius 1 is 1.00 bits per heavy atom. The summed E-state index contributed by atoms with van der Waals surface area (Å²) in [4.78, 5) is 27.4. The van der Waals surface area contributed by atoms with Gasteiger partial charge in [0.1, 0.15) is 18.0 Å². The van der Waals surface area contributed by atoms with E-state index in [-0.39, 0.29) is 12.1 Å². The fourth-order valence-corrected chi connectivity index (χ4v) is 4.24. The summed E-state index contributed by atoms with van der Waals surface area (Å²) in [5.41, 5.74) is 1.39. The lowest BCUT2D eigenvalue weighted by molar-refractivity contribution is -0.137. The maximum atomic E-state index is 13.4. The highest BCUT2D eigenvalue weighted by molar-refractivity contribution is 6.05. The largest absolute Gasteiger partial charge is 0.497 e. The van der Waals surface area contributed by atoms with Crippen LogP contribution in [0.5, 0.6) is 11.5 Å². The number of hydrazone groups is 1. The van der Waals surface area contributed by atoms with Crippen molar-refractivity contribution in [1.82, 2.24) is 9.91 Å². The van der Waals surface area contributed by atoms with Crippen LogP contribution in [0, 0.1) is 0 Å². The second kappa shape index (κ2) is 11.0. The summed E-state index contributed by atoms with van der Waals surface area (Å²) in [6.07, 6.45) is -4.09. The molecule has 0 saturated carbocycles. The van der Waals surface area contributed by atoms with E-state index in [1.807, 2.05) is 36.4 Å². The van der Waals surface area contributed by atoms with E-state index in [1.54, 1.807) is 19.2 Å². The standard InChI is InChI=1S/C28H26F3N3O4/c1-33(27(36)19-9-11-20(12-10-19)28(29,30)31)17-26(35)34-24(18-7-5-4-6-8-18)16-23(32-34)22-14-13-21(37-2)15-25(22)38-3/h4-15,24H,16-17H2,1-3H3. The number of methoxy groups -OCH3 is 2. The highest BCUT2D eigenvalue weighted by atomic mass is 19.4. The minimum absolute atomic E-state index is 0.0430. The van der Waals surface area contributed by atoms with E-state index in [2.05, 4.69) is 5.10 Å². The number of likely N-dealkylation sites (N-methyl/N-ethyl adjacent to an activating group) is 1. The van der Waals surface area contributed by atoms with E-state index >= 15 is 0 Å². The van der Waals surface area contributed by atoms with Gasteiger partial charge in [-0.05, 0) is 42.0 Å². The zero-order valence-corrected chi connectivity index (χ0v) is 21.0. The van der Waals surface area contributed by atoms with Crippen LogP contribution in [0.25, 0.3) is 0 Å². The van der Waals surface area contributed by atoms with E-state index in [0.29, 0.717) is 29.2 Å². The molecule has 0 radical (unpaired) electrons. The monoisotopic (exact) mass is 525 g/mol. The van der Waals surface area contributed by atoms with Gasteiger partial charge in [-0.25, -0.2) is 5.01 Å². The van der Waals surface area contributed by atoms with Gasteiger partial charge in [0.25, 0.3) is 11.8 Å². The SMILES string of the molecule is COc1ccc(C2=NN(C(=O)CN(C)C(=O)c3ccc(C(F)(F)F)cc3)C(c3ccccc3)C2)c(OC)c1. The smallest absolute Gasteiger partial charge is 0.416 e. The number of benzene rings is 3. The molecule has 1 atom stereocenters. The first-order valence-electron chi connectivity index (χ1n) is 11.7. The molecule has 38 heavy (non-hydrogen) atoms. The highest BCUT2D eigenvalue weighted by Gasteiger charge is 2.35. The molecule has 0 bridgehead atoms. The van der Waals surface area contributed by atoms with E-state index < -0.39 is 29.6 Å². The molecule has 1 aliphatic rings. The van der Waals surface area contributed by atoms with Gasteiger partial charge in [-0.1, -0.05) is 30.3 Å². The number of hydrogen-bond acceptors (Lipinski definition) is 5. The first kappa shape index (κ1) is 26.7. The Hall–Kier alpha value is -4.34. The minimum atomic E-state index is -4.51. The summed E-state index contributed by atoms with van der Waals surface area (Å²) in [5, 5.41) is 5.97. The van der Waals surface area contributed by atoms with Gasteiger partial charge in [0.15, 0.2) is 0 Å². The van der Waals surface area contributed by atoms with Crippen molar-refractivity contribution >= 4 is 17.5 Å². The van der Waals surface area contributed by atoms with Crippen molar-refractivity contribution < 1.29 is 32.2 Å². The second-order valence-electron chi connectivity index (χ2n) is 8.72. The molecule has 0 aromatic heterocycles. The average molecular weight is 526 g/mol. The first-order valence-corrected chi connectivity index (χ1v) is 11.7. The number of carbonyl (C=O) groups excluding carboxylic acids is 2. The van der Waals surface area contributed by atoms with Crippen molar-refractivity contribution in [2.45, 2.75) is 18.6 Å². The van der Waals surface area contributed by atoms with Crippen LogP contribution in [-0.2, 0) is 11.0 Å². The predicted molar refractivity (Wildman–Crippen MR) is 135 cm³/mol. The van der Waals surface area contributed by atoms with Crippen LogP contribution in [0.3, 0.4) is 0 Å². The predicted octanol–water partition coefficient (Wildman–Crippen LogP) is 5.17. The summed E-state index contributed by atoms with van der Waals surface area (Å²) >= 11 is 0. The molecule has 1 aliphatic heterocycles. The summed E-state index contributed by atoms with van der Waals surface area (Å²) in [6, 6.07) is 18.2. The topological polar surface area (TPSA) is 71.4 Å². The van der Waals surface area contributed by atoms with Crippen molar-refractivity contribution in [1.29, 1.82) is 0 Å². The van der Waals surface area contributed by atoms with Gasteiger partial charge in [-0.3, -0.25) is 9.59 Å². The fraction of sp³-hybridized carbons (Fsp3) is 0.250. The first-order chi connectivity index (χ1) is 18.1. The van der Waals surface area contributed by atoms with Gasteiger partial charge >= 0.3 is 6.18 Å². The molecule has 10 heteroatoms. The van der Waals surface area contributed by atoms with Crippen LogP contribution >= 0.6 is 0 Å².